The van der Waals surface area contributed by atoms with Crippen LogP contribution in [0.1, 0.15) is 45.4 Å². The molecule has 0 bridgehead atoms. The molecule has 0 aromatic rings. The molecule has 1 saturated carbocycles. The molecule has 2 unspecified atom stereocenters. The van der Waals surface area contributed by atoms with Crippen molar-refractivity contribution in [3.63, 3.8) is 0 Å². The van der Waals surface area contributed by atoms with Gasteiger partial charge in [0.15, 0.2) is 9.84 Å². The Labute approximate surface area is 98.9 Å². The Kier molecular flexibility index (Phi) is 3.90. The summed E-state index contributed by atoms with van der Waals surface area (Å²) in [6.45, 7) is 2.87. The lowest BCUT2D eigenvalue weighted by Crippen LogP contribution is -2.39. The van der Waals surface area contributed by atoms with Crippen molar-refractivity contribution in [2.75, 3.05) is 12.3 Å². The Morgan fingerprint density at radius 1 is 1.19 bits per heavy atom. The van der Waals surface area contributed by atoms with Crippen molar-refractivity contribution in [2.45, 2.75) is 56.7 Å². The monoisotopic (exact) mass is 245 g/mol. The minimum atomic E-state index is -2.77. The van der Waals surface area contributed by atoms with E-state index in [0.717, 1.165) is 18.8 Å². The van der Waals surface area contributed by atoms with Crippen LogP contribution < -0.4 is 5.32 Å². The molecule has 0 aromatic heterocycles. The fourth-order valence-corrected chi connectivity index (χ4v) is 4.81. The van der Waals surface area contributed by atoms with Crippen LogP contribution in [0, 0.1) is 5.92 Å². The van der Waals surface area contributed by atoms with Gasteiger partial charge in [0.05, 0.1) is 11.0 Å². The second-order valence-electron chi connectivity index (χ2n) is 5.37. The number of sulfone groups is 1. The van der Waals surface area contributed by atoms with Gasteiger partial charge in [-0.1, -0.05) is 12.8 Å². The maximum Gasteiger partial charge on any atom is 0.154 e. The molecule has 1 aliphatic heterocycles. The summed E-state index contributed by atoms with van der Waals surface area (Å²) < 4.78 is 23.3. The van der Waals surface area contributed by atoms with Crippen molar-refractivity contribution in [3.8, 4) is 0 Å². The van der Waals surface area contributed by atoms with Gasteiger partial charge in [-0.25, -0.2) is 8.42 Å². The largest absolute Gasteiger partial charge is 0.313 e. The third-order valence-corrected chi connectivity index (χ3v) is 6.51. The summed E-state index contributed by atoms with van der Waals surface area (Å²) in [7, 11) is -2.77. The van der Waals surface area contributed by atoms with Gasteiger partial charge in [-0.3, -0.25) is 0 Å². The first-order valence-electron chi connectivity index (χ1n) is 6.54. The molecular weight excluding hydrogens is 222 g/mol. The molecule has 1 aliphatic carbocycles. The van der Waals surface area contributed by atoms with Gasteiger partial charge < -0.3 is 5.32 Å². The lowest BCUT2D eigenvalue weighted by atomic mass is 10.00. The minimum Gasteiger partial charge on any atom is -0.313 e. The van der Waals surface area contributed by atoms with Crippen LogP contribution in [-0.4, -0.2) is 32.0 Å². The zero-order chi connectivity index (χ0) is 11.6. The third kappa shape index (κ3) is 2.77. The summed E-state index contributed by atoms with van der Waals surface area (Å²) in [5.74, 6) is 1.17. The molecule has 2 fully saturated rings. The Hall–Kier alpha value is -0.0900. The lowest BCUT2D eigenvalue weighted by Gasteiger charge is -2.22. The first-order chi connectivity index (χ1) is 7.59. The summed E-state index contributed by atoms with van der Waals surface area (Å²) in [5.41, 5.74) is 0. The highest BCUT2D eigenvalue weighted by Gasteiger charge is 2.31. The van der Waals surface area contributed by atoms with Gasteiger partial charge in [0.2, 0.25) is 0 Å². The number of hydrogen-bond acceptors (Lipinski definition) is 3. The fourth-order valence-electron chi connectivity index (χ4n) is 3.03. The smallest absolute Gasteiger partial charge is 0.154 e. The maximum absolute atomic E-state index is 11.7. The summed E-state index contributed by atoms with van der Waals surface area (Å²) in [6, 6.07) is 0.485. The van der Waals surface area contributed by atoms with Crippen LogP contribution in [0.25, 0.3) is 0 Å². The number of rotatable bonds is 4. The summed E-state index contributed by atoms with van der Waals surface area (Å²) in [4.78, 5) is 0. The molecule has 1 N–H and O–H groups in total. The number of nitrogens with one attached hydrogen (secondary N) is 1. The van der Waals surface area contributed by atoms with Gasteiger partial charge in [-0.05, 0) is 38.5 Å². The van der Waals surface area contributed by atoms with Crippen LogP contribution in [-0.2, 0) is 9.84 Å². The molecule has 94 valence electrons. The van der Waals surface area contributed by atoms with Crippen molar-refractivity contribution < 1.29 is 8.42 Å². The average molecular weight is 245 g/mol. The maximum atomic E-state index is 11.7. The highest BCUT2D eigenvalue weighted by atomic mass is 32.2. The first kappa shape index (κ1) is 12.4. The normalized spacial score (nSPS) is 31.9. The Morgan fingerprint density at radius 2 is 1.88 bits per heavy atom. The van der Waals surface area contributed by atoms with E-state index < -0.39 is 9.84 Å². The quantitative estimate of drug-likeness (QED) is 0.820. The Balaban J connectivity index is 1.78. The van der Waals surface area contributed by atoms with Crippen LogP contribution in [0.3, 0.4) is 0 Å². The molecule has 2 atom stereocenters. The molecular formula is C12H23NO2S. The van der Waals surface area contributed by atoms with E-state index >= 15 is 0 Å². The summed E-state index contributed by atoms with van der Waals surface area (Å²) in [6.07, 6.45) is 7.02. The molecule has 1 heterocycles. The van der Waals surface area contributed by atoms with Crippen LogP contribution in [0.2, 0.25) is 0 Å². The van der Waals surface area contributed by atoms with E-state index in [9.17, 15) is 8.42 Å². The van der Waals surface area contributed by atoms with Crippen molar-refractivity contribution >= 4 is 9.84 Å². The predicted molar refractivity (Wildman–Crippen MR) is 66.2 cm³/mol. The molecule has 0 spiro atoms. The zero-order valence-electron chi connectivity index (χ0n) is 10.1. The molecule has 16 heavy (non-hydrogen) atoms. The Bertz CT molecular complexity index is 320. The van der Waals surface area contributed by atoms with Gasteiger partial charge in [-0.15, -0.1) is 0 Å². The van der Waals surface area contributed by atoms with E-state index in [0.29, 0.717) is 18.3 Å². The highest BCUT2D eigenvalue weighted by molar-refractivity contribution is 7.92. The number of hydrogen-bond donors (Lipinski definition) is 1. The van der Waals surface area contributed by atoms with Crippen LogP contribution in [0.5, 0.6) is 0 Å². The summed E-state index contributed by atoms with van der Waals surface area (Å²) >= 11 is 0. The SMILES string of the molecule is CC(NCC1CCCS1(=O)=O)C1CCCC1. The van der Waals surface area contributed by atoms with Gasteiger partial charge in [0, 0.05) is 12.6 Å². The fraction of sp³-hybridized carbons (Fsp3) is 1.00. The second kappa shape index (κ2) is 5.05. The summed E-state index contributed by atoms with van der Waals surface area (Å²) in [5, 5.41) is 3.33. The van der Waals surface area contributed by atoms with E-state index in [1.165, 1.54) is 25.7 Å². The third-order valence-electron chi connectivity index (χ3n) is 4.24. The lowest BCUT2D eigenvalue weighted by molar-refractivity contribution is 0.380. The molecule has 1 saturated heterocycles. The van der Waals surface area contributed by atoms with E-state index in [1.807, 2.05) is 0 Å². The minimum absolute atomic E-state index is 0.114. The predicted octanol–water partition coefficient (Wildman–Crippen LogP) is 1.73. The standard InChI is InChI=1S/C12H23NO2S/c1-10(11-5-2-3-6-11)13-9-12-7-4-8-16(12,14)15/h10-13H,2-9H2,1H3. The first-order valence-corrected chi connectivity index (χ1v) is 8.26. The van der Waals surface area contributed by atoms with Gasteiger partial charge in [0.1, 0.15) is 0 Å². The highest BCUT2D eigenvalue weighted by Crippen LogP contribution is 2.28. The average Bonchev–Trinajstić information content (AvgIpc) is 2.83. The van der Waals surface area contributed by atoms with E-state index in [2.05, 4.69) is 12.2 Å². The topological polar surface area (TPSA) is 46.2 Å². The molecule has 0 amide bonds. The van der Waals surface area contributed by atoms with Gasteiger partial charge >= 0.3 is 0 Å². The van der Waals surface area contributed by atoms with Gasteiger partial charge in [-0.2, -0.15) is 0 Å². The molecule has 3 nitrogen and oxygen atoms in total. The van der Waals surface area contributed by atoms with E-state index in [4.69, 9.17) is 0 Å². The van der Waals surface area contributed by atoms with Crippen LogP contribution in [0.15, 0.2) is 0 Å². The van der Waals surface area contributed by atoms with E-state index in [-0.39, 0.29) is 5.25 Å². The van der Waals surface area contributed by atoms with Crippen molar-refractivity contribution in [2.24, 2.45) is 5.92 Å². The zero-order valence-corrected chi connectivity index (χ0v) is 10.9. The Morgan fingerprint density at radius 3 is 2.44 bits per heavy atom. The van der Waals surface area contributed by atoms with Gasteiger partial charge in [0.25, 0.3) is 0 Å². The molecule has 2 aliphatic rings. The van der Waals surface area contributed by atoms with Crippen molar-refractivity contribution in [1.82, 2.24) is 5.32 Å². The molecule has 0 aromatic carbocycles. The molecule has 0 radical (unpaired) electrons. The van der Waals surface area contributed by atoms with Crippen LogP contribution >= 0.6 is 0 Å². The second-order valence-corrected chi connectivity index (χ2v) is 7.77. The van der Waals surface area contributed by atoms with E-state index in [1.54, 1.807) is 0 Å². The molecule has 2 rings (SSSR count). The van der Waals surface area contributed by atoms with Crippen molar-refractivity contribution in [3.05, 3.63) is 0 Å². The van der Waals surface area contributed by atoms with Crippen LogP contribution in [0.4, 0.5) is 0 Å². The molecule has 4 heteroatoms. The van der Waals surface area contributed by atoms with Crippen molar-refractivity contribution in [1.29, 1.82) is 0 Å².